The molecular weight excluding hydrogens is 337 g/mol. The average molecular weight is 350 g/mol. The molecule has 1 aliphatic heterocycles. The van der Waals surface area contributed by atoms with Gasteiger partial charge in [-0.1, -0.05) is 15.9 Å². The second-order valence-electron chi connectivity index (χ2n) is 5.07. The van der Waals surface area contributed by atoms with Crippen molar-refractivity contribution in [1.82, 2.24) is 0 Å². The zero-order valence-corrected chi connectivity index (χ0v) is 13.0. The molecule has 108 valence electrons. The monoisotopic (exact) mass is 349 g/mol. The zero-order chi connectivity index (χ0) is 15.1. The van der Waals surface area contributed by atoms with Crippen molar-refractivity contribution in [1.29, 1.82) is 0 Å². The molecule has 2 aromatic carbocycles. The lowest BCUT2D eigenvalue weighted by molar-refractivity contribution is 0.103. The minimum absolute atomic E-state index is 0.0247. The number of carbonyl (C=O) groups excluding carboxylic acids is 1. The summed E-state index contributed by atoms with van der Waals surface area (Å²) in [6.45, 7) is 2.12. The highest BCUT2D eigenvalue weighted by molar-refractivity contribution is 9.10. The first-order chi connectivity index (χ1) is 9.97. The third-order valence-electron chi connectivity index (χ3n) is 3.51. The highest BCUT2D eigenvalue weighted by Crippen LogP contribution is 2.35. The molecule has 0 aliphatic carbocycles. The molecule has 3 nitrogen and oxygen atoms in total. The number of rotatable bonds is 2. The van der Waals surface area contributed by atoms with Crippen molar-refractivity contribution in [3.63, 3.8) is 0 Å². The Hall–Kier alpha value is -1.88. The minimum Gasteiger partial charge on any atom is -0.492 e. The zero-order valence-electron chi connectivity index (χ0n) is 11.4. The largest absolute Gasteiger partial charge is 0.492 e. The topological polar surface area (TPSA) is 52.3 Å². The first-order valence-corrected chi connectivity index (χ1v) is 7.32. The van der Waals surface area contributed by atoms with Gasteiger partial charge in [0.05, 0.1) is 17.7 Å². The van der Waals surface area contributed by atoms with Crippen LogP contribution in [0.15, 0.2) is 28.7 Å². The molecule has 21 heavy (non-hydrogen) atoms. The van der Waals surface area contributed by atoms with Crippen LogP contribution in [0.5, 0.6) is 5.75 Å². The van der Waals surface area contributed by atoms with Crippen LogP contribution in [0.25, 0.3) is 0 Å². The van der Waals surface area contributed by atoms with E-state index in [4.69, 9.17) is 10.5 Å². The Bertz CT molecular complexity index is 758. The molecular formula is C16H13BrFNO2. The highest BCUT2D eigenvalue weighted by Gasteiger charge is 2.25. The second kappa shape index (κ2) is 5.15. The Labute approximate surface area is 130 Å². The fourth-order valence-electron chi connectivity index (χ4n) is 2.55. The maximum atomic E-state index is 14.2. The Morgan fingerprint density at radius 1 is 1.29 bits per heavy atom. The molecule has 5 heteroatoms. The van der Waals surface area contributed by atoms with Gasteiger partial charge in [-0.3, -0.25) is 4.79 Å². The van der Waals surface area contributed by atoms with Gasteiger partial charge in [-0.25, -0.2) is 4.39 Å². The molecule has 0 unspecified atom stereocenters. The number of fused-ring (bicyclic) bond motifs is 1. The van der Waals surface area contributed by atoms with Gasteiger partial charge in [-0.05, 0) is 42.3 Å². The molecule has 0 saturated carbocycles. The van der Waals surface area contributed by atoms with Gasteiger partial charge >= 0.3 is 0 Å². The van der Waals surface area contributed by atoms with E-state index in [2.05, 4.69) is 15.9 Å². The summed E-state index contributed by atoms with van der Waals surface area (Å²) in [4.78, 5) is 12.7. The maximum Gasteiger partial charge on any atom is 0.199 e. The third kappa shape index (κ3) is 2.42. The van der Waals surface area contributed by atoms with Gasteiger partial charge in [0, 0.05) is 16.6 Å². The maximum absolute atomic E-state index is 14.2. The van der Waals surface area contributed by atoms with Crippen molar-refractivity contribution in [2.45, 2.75) is 13.3 Å². The molecule has 0 spiro atoms. The van der Waals surface area contributed by atoms with Gasteiger partial charge in [0.1, 0.15) is 11.6 Å². The predicted molar refractivity (Wildman–Crippen MR) is 82.3 cm³/mol. The Balaban J connectivity index is 2.16. The standard InChI is InChI=1S/C16H13BrFNO2/c1-8-4-11(19)7-12(14(8)18)15(20)13-6-10(17)5-9-2-3-21-16(9)13/h4-7H,2-3,19H2,1H3. The molecule has 0 radical (unpaired) electrons. The molecule has 0 atom stereocenters. The van der Waals surface area contributed by atoms with Gasteiger partial charge in [0.2, 0.25) is 0 Å². The van der Waals surface area contributed by atoms with Crippen molar-refractivity contribution in [2.75, 3.05) is 12.3 Å². The number of anilines is 1. The summed E-state index contributed by atoms with van der Waals surface area (Å²) in [6, 6.07) is 6.45. The number of ether oxygens (including phenoxy) is 1. The smallest absolute Gasteiger partial charge is 0.199 e. The van der Waals surface area contributed by atoms with E-state index in [0.29, 0.717) is 29.2 Å². The Kier molecular flexibility index (Phi) is 3.45. The molecule has 0 amide bonds. The SMILES string of the molecule is Cc1cc(N)cc(C(=O)c2cc(Br)cc3c2OCC3)c1F. The van der Waals surface area contributed by atoms with E-state index in [-0.39, 0.29) is 5.56 Å². The van der Waals surface area contributed by atoms with Crippen LogP contribution in [0.1, 0.15) is 27.0 Å². The van der Waals surface area contributed by atoms with Gasteiger partial charge in [0.25, 0.3) is 0 Å². The molecule has 0 fully saturated rings. The van der Waals surface area contributed by atoms with Crippen molar-refractivity contribution < 1.29 is 13.9 Å². The van der Waals surface area contributed by atoms with Crippen molar-refractivity contribution in [3.8, 4) is 5.75 Å². The first kappa shape index (κ1) is 14.1. The van der Waals surface area contributed by atoms with Crippen molar-refractivity contribution in [3.05, 3.63) is 56.8 Å². The lowest BCUT2D eigenvalue weighted by Gasteiger charge is -2.10. The van der Waals surface area contributed by atoms with Gasteiger partial charge < -0.3 is 10.5 Å². The lowest BCUT2D eigenvalue weighted by atomic mass is 9.97. The molecule has 0 bridgehead atoms. The number of aryl methyl sites for hydroxylation is 1. The van der Waals surface area contributed by atoms with Crippen molar-refractivity contribution >= 4 is 27.4 Å². The summed E-state index contributed by atoms with van der Waals surface area (Å²) in [5.74, 6) is -0.411. The second-order valence-corrected chi connectivity index (χ2v) is 5.98. The number of ketones is 1. The average Bonchev–Trinajstić information content (AvgIpc) is 2.89. The number of nitrogens with two attached hydrogens (primary N) is 1. The number of hydrogen-bond donors (Lipinski definition) is 1. The van der Waals surface area contributed by atoms with E-state index in [9.17, 15) is 9.18 Å². The Morgan fingerprint density at radius 2 is 2.05 bits per heavy atom. The summed E-state index contributed by atoms with van der Waals surface area (Å²) >= 11 is 3.38. The van der Waals surface area contributed by atoms with Crippen LogP contribution in [0, 0.1) is 12.7 Å². The Morgan fingerprint density at radius 3 is 2.81 bits per heavy atom. The number of nitrogen functional groups attached to an aromatic ring is 1. The van der Waals surface area contributed by atoms with Crippen LogP contribution < -0.4 is 10.5 Å². The minimum atomic E-state index is -0.541. The lowest BCUT2D eigenvalue weighted by Crippen LogP contribution is -2.08. The van der Waals surface area contributed by atoms with Gasteiger partial charge in [-0.15, -0.1) is 0 Å². The molecule has 0 aromatic heterocycles. The summed E-state index contributed by atoms with van der Waals surface area (Å²) in [7, 11) is 0. The van der Waals surface area contributed by atoms with Gasteiger partial charge in [0.15, 0.2) is 5.78 Å². The number of hydrogen-bond acceptors (Lipinski definition) is 3. The number of benzene rings is 2. The molecule has 2 aromatic rings. The molecule has 1 heterocycles. The van der Waals surface area contributed by atoms with Crippen LogP contribution in [0.2, 0.25) is 0 Å². The summed E-state index contributed by atoms with van der Waals surface area (Å²) in [5, 5.41) is 0. The number of carbonyl (C=O) groups is 1. The van der Waals surface area contributed by atoms with E-state index < -0.39 is 11.6 Å². The van der Waals surface area contributed by atoms with Gasteiger partial charge in [-0.2, -0.15) is 0 Å². The van der Waals surface area contributed by atoms with Crippen LogP contribution in [-0.4, -0.2) is 12.4 Å². The van der Waals surface area contributed by atoms with E-state index in [1.807, 2.05) is 6.07 Å². The molecule has 2 N–H and O–H groups in total. The normalized spacial score (nSPS) is 12.9. The predicted octanol–water partition coefficient (Wildman–Crippen LogP) is 3.64. The number of halogens is 2. The van der Waals surface area contributed by atoms with E-state index in [0.717, 1.165) is 16.5 Å². The first-order valence-electron chi connectivity index (χ1n) is 6.53. The summed E-state index contributed by atoms with van der Waals surface area (Å²) in [6.07, 6.45) is 0.744. The van der Waals surface area contributed by atoms with Crippen LogP contribution in [-0.2, 0) is 6.42 Å². The van der Waals surface area contributed by atoms with Crippen LogP contribution in [0.4, 0.5) is 10.1 Å². The molecule has 0 saturated heterocycles. The fraction of sp³-hybridized carbons (Fsp3) is 0.188. The third-order valence-corrected chi connectivity index (χ3v) is 3.97. The summed E-state index contributed by atoms with van der Waals surface area (Å²) in [5.41, 5.74) is 7.74. The van der Waals surface area contributed by atoms with Crippen LogP contribution in [0.3, 0.4) is 0 Å². The molecule has 3 rings (SSSR count). The molecule has 1 aliphatic rings. The quantitative estimate of drug-likeness (QED) is 0.665. The van der Waals surface area contributed by atoms with E-state index >= 15 is 0 Å². The van der Waals surface area contributed by atoms with Crippen LogP contribution >= 0.6 is 15.9 Å². The van der Waals surface area contributed by atoms with E-state index in [1.54, 1.807) is 13.0 Å². The van der Waals surface area contributed by atoms with E-state index in [1.165, 1.54) is 12.1 Å². The van der Waals surface area contributed by atoms with Crippen molar-refractivity contribution in [2.24, 2.45) is 0 Å². The highest BCUT2D eigenvalue weighted by atomic mass is 79.9. The fourth-order valence-corrected chi connectivity index (χ4v) is 3.05. The summed E-state index contributed by atoms with van der Waals surface area (Å²) < 4.78 is 20.5.